The van der Waals surface area contributed by atoms with E-state index in [1.165, 1.54) is 6.08 Å². The Labute approximate surface area is 48.8 Å². The molecule has 8 heavy (non-hydrogen) atoms. The molecule has 0 fully saturated rings. The monoisotopic (exact) mass is 114 g/mol. The van der Waals surface area contributed by atoms with Gasteiger partial charge in [-0.25, -0.2) is 0 Å². The van der Waals surface area contributed by atoms with Crippen molar-refractivity contribution >= 4 is 6.29 Å². The first-order valence-corrected chi connectivity index (χ1v) is 2.52. The van der Waals surface area contributed by atoms with Gasteiger partial charge in [0, 0.05) is 0 Å². The summed E-state index contributed by atoms with van der Waals surface area (Å²) in [6.07, 6.45) is 1.92. The fraction of sp³-hybridized carbons (Fsp3) is 0.500. The van der Waals surface area contributed by atoms with E-state index in [2.05, 4.69) is 0 Å². The van der Waals surface area contributed by atoms with Crippen molar-refractivity contribution in [3.8, 4) is 0 Å². The lowest BCUT2D eigenvalue weighted by Gasteiger charge is -1.91. The zero-order valence-corrected chi connectivity index (χ0v) is 5.09. The van der Waals surface area contributed by atoms with Gasteiger partial charge in [0.25, 0.3) is 0 Å². The van der Waals surface area contributed by atoms with Gasteiger partial charge in [-0.1, -0.05) is 13.8 Å². The van der Waals surface area contributed by atoms with Crippen LogP contribution in [0.4, 0.5) is 0 Å². The molecule has 0 bridgehead atoms. The first-order chi connectivity index (χ1) is 3.66. The van der Waals surface area contributed by atoms with Crippen molar-refractivity contribution in [1.29, 1.82) is 0 Å². The molecule has 0 saturated heterocycles. The van der Waals surface area contributed by atoms with Gasteiger partial charge in [-0.05, 0) is 12.0 Å². The van der Waals surface area contributed by atoms with Crippen LogP contribution >= 0.6 is 0 Å². The molecular formula is C6H10O2. The predicted molar refractivity (Wildman–Crippen MR) is 31.6 cm³/mol. The van der Waals surface area contributed by atoms with Crippen molar-refractivity contribution in [2.75, 3.05) is 0 Å². The molecule has 46 valence electrons. The highest BCUT2D eigenvalue weighted by molar-refractivity contribution is 5.69. The molecule has 0 aliphatic heterocycles. The van der Waals surface area contributed by atoms with Crippen LogP contribution in [-0.2, 0) is 4.79 Å². The topological polar surface area (TPSA) is 37.3 Å². The van der Waals surface area contributed by atoms with Gasteiger partial charge in [-0.15, -0.1) is 0 Å². The average Bonchev–Trinajstić information content (AvgIpc) is 1.65. The second-order valence-corrected chi connectivity index (χ2v) is 1.95. The predicted octanol–water partition coefficient (Wildman–Crippen LogP) is 1.28. The molecule has 0 unspecified atom stereocenters. The van der Waals surface area contributed by atoms with Gasteiger partial charge in [0.2, 0.25) is 0 Å². The van der Waals surface area contributed by atoms with E-state index in [1.807, 2.05) is 13.8 Å². The number of aliphatic hydroxyl groups is 1. The molecule has 0 rings (SSSR count). The molecule has 0 amide bonds. The van der Waals surface area contributed by atoms with Gasteiger partial charge in [0.15, 0.2) is 12.0 Å². The molecule has 0 saturated carbocycles. The van der Waals surface area contributed by atoms with E-state index in [9.17, 15) is 4.79 Å². The number of carbonyl (C=O) groups is 1. The van der Waals surface area contributed by atoms with Crippen molar-refractivity contribution in [3.63, 3.8) is 0 Å². The molecule has 0 spiro atoms. The molecule has 0 radical (unpaired) electrons. The van der Waals surface area contributed by atoms with Crippen LogP contribution in [-0.4, -0.2) is 11.4 Å². The van der Waals surface area contributed by atoms with Crippen LogP contribution in [0.3, 0.4) is 0 Å². The maximum absolute atomic E-state index is 9.72. The fourth-order valence-electron chi connectivity index (χ4n) is 0.381. The smallest absolute Gasteiger partial charge is 0.184 e. The molecule has 0 aromatic heterocycles. The second kappa shape index (κ2) is 3.24. The molecule has 0 aliphatic rings. The largest absolute Gasteiger partial charge is 0.505 e. The SMILES string of the molecule is CC(C)/C=C(/O)C=O. The molecule has 2 nitrogen and oxygen atoms in total. The number of carbonyl (C=O) groups excluding carboxylic acids is 1. The van der Waals surface area contributed by atoms with Gasteiger partial charge in [0.05, 0.1) is 0 Å². The van der Waals surface area contributed by atoms with E-state index < -0.39 is 0 Å². The molecule has 0 aliphatic carbocycles. The minimum absolute atomic E-state index is 0.181. The summed E-state index contributed by atoms with van der Waals surface area (Å²) in [6.45, 7) is 3.78. The first kappa shape index (κ1) is 7.21. The quantitative estimate of drug-likeness (QED) is 0.333. The zero-order chi connectivity index (χ0) is 6.57. The van der Waals surface area contributed by atoms with E-state index >= 15 is 0 Å². The highest BCUT2D eigenvalue weighted by Crippen LogP contribution is 1.95. The van der Waals surface area contributed by atoms with Crippen LogP contribution in [0.15, 0.2) is 11.8 Å². The van der Waals surface area contributed by atoms with Crippen LogP contribution in [0.2, 0.25) is 0 Å². The van der Waals surface area contributed by atoms with Crippen LogP contribution < -0.4 is 0 Å². The maximum Gasteiger partial charge on any atom is 0.184 e. The maximum atomic E-state index is 9.72. The number of hydrogen-bond acceptors (Lipinski definition) is 2. The number of aliphatic hydroxyl groups excluding tert-OH is 1. The van der Waals surface area contributed by atoms with Gasteiger partial charge < -0.3 is 5.11 Å². The summed E-state index contributed by atoms with van der Waals surface area (Å²) in [6, 6.07) is 0. The Morgan fingerprint density at radius 3 is 2.25 bits per heavy atom. The van der Waals surface area contributed by atoms with Crippen LogP contribution in [0.25, 0.3) is 0 Å². The van der Waals surface area contributed by atoms with Gasteiger partial charge in [-0.2, -0.15) is 0 Å². The van der Waals surface area contributed by atoms with Crippen LogP contribution in [0, 0.1) is 5.92 Å². The van der Waals surface area contributed by atoms with E-state index in [1.54, 1.807) is 0 Å². The Kier molecular flexibility index (Phi) is 2.92. The minimum Gasteiger partial charge on any atom is -0.505 e. The Bertz CT molecular complexity index is 103. The first-order valence-electron chi connectivity index (χ1n) is 2.52. The molecular weight excluding hydrogens is 104 g/mol. The molecule has 0 atom stereocenters. The lowest BCUT2D eigenvalue weighted by Crippen LogP contribution is -1.85. The normalized spacial score (nSPS) is 12.1. The second-order valence-electron chi connectivity index (χ2n) is 1.95. The summed E-state index contributed by atoms with van der Waals surface area (Å²) in [7, 11) is 0. The summed E-state index contributed by atoms with van der Waals surface area (Å²) in [5.74, 6) is 0.0557. The third-order valence-electron chi connectivity index (χ3n) is 0.625. The average molecular weight is 114 g/mol. The number of rotatable bonds is 2. The van der Waals surface area contributed by atoms with E-state index in [0.717, 1.165) is 0 Å². The third-order valence-corrected chi connectivity index (χ3v) is 0.625. The number of allylic oxidation sites excluding steroid dienone is 2. The van der Waals surface area contributed by atoms with Crippen molar-refractivity contribution in [1.82, 2.24) is 0 Å². The van der Waals surface area contributed by atoms with Crippen LogP contribution in [0.5, 0.6) is 0 Å². The van der Waals surface area contributed by atoms with Gasteiger partial charge >= 0.3 is 0 Å². The van der Waals surface area contributed by atoms with Gasteiger partial charge in [0.1, 0.15) is 0 Å². The van der Waals surface area contributed by atoms with Crippen molar-refractivity contribution in [2.24, 2.45) is 5.92 Å². The summed E-state index contributed by atoms with van der Waals surface area (Å²) >= 11 is 0. The highest BCUT2D eigenvalue weighted by Gasteiger charge is 1.89. The Morgan fingerprint density at radius 2 is 2.12 bits per heavy atom. The van der Waals surface area contributed by atoms with E-state index in [4.69, 9.17) is 5.11 Å². The summed E-state index contributed by atoms with van der Waals surface area (Å²) in [4.78, 5) is 9.72. The summed E-state index contributed by atoms with van der Waals surface area (Å²) in [5, 5.41) is 8.52. The van der Waals surface area contributed by atoms with E-state index in [-0.39, 0.29) is 11.7 Å². The highest BCUT2D eigenvalue weighted by atomic mass is 16.3. The fourth-order valence-corrected chi connectivity index (χ4v) is 0.381. The van der Waals surface area contributed by atoms with Crippen LogP contribution in [0.1, 0.15) is 13.8 Å². The summed E-state index contributed by atoms with van der Waals surface area (Å²) in [5.41, 5.74) is 0. The Morgan fingerprint density at radius 1 is 1.62 bits per heavy atom. The Balaban J connectivity index is 3.74. The van der Waals surface area contributed by atoms with Crippen molar-refractivity contribution in [3.05, 3.63) is 11.8 Å². The standard InChI is InChI=1S/C6H10O2/c1-5(2)3-6(8)4-7/h3-5,8H,1-2H3/b6-3+. The third kappa shape index (κ3) is 3.40. The minimum atomic E-state index is -0.181. The number of aldehydes is 1. The lowest BCUT2D eigenvalue weighted by atomic mass is 10.2. The number of hydrogen-bond donors (Lipinski definition) is 1. The van der Waals surface area contributed by atoms with Gasteiger partial charge in [-0.3, -0.25) is 4.79 Å². The molecule has 2 heteroatoms. The molecule has 0 aromatic carbocycles. The molecule has 0 aromatic rings. The zero-order valence-electron chi connectivity index (χ0n) is 5.09. The van der Waals surface area contributed by atoms with E-state index in [0.29, 0.717) is 6.29 Å². The Hall–Kier alpha value is -0.790. The molecule has 0 heterocycles. The molecule has 1 N–H and O–H groups in total. The summed E-state index contributed by atoms with van der Waals surface area (Å²) < 4.78 is 0. The van der Waals surface area contributed by atoms with Crippen molar-refractivity contribution < 1.29 is 9.90 Å². The van der Waals surface area contributed by atoms with Crippen molar-refractivity contribution in [2.45, 2.75) is 13.8 Å². The lowest BCUT2D eigenvalue weighted by molar-refractivity contribution is -0.107.